The van der Waals surface area contributed by atoms with E-state index in [9.17, 15) is 0 Å². The van der Waals surface area contributed by atoms with Crippen molar-refractivity contribution in [3.8, 4) is 0 Å². The Kier molecular flexibility index (Phi) is 3.83. The van der Waals surface area contributed by atoms with Gasteiger partial charge in [0.25, 0.3) is 0 Å². The molecule has 2 unspecified atom stereocenters. The average Bonchev–Trinajstić information content (AvgIpc) is 2.33. The molecule has 2 rings (SSSR count). The van der Waals surface area contributed by atoms with Gasteiger partial charge in [-0.25, -0.2) is 9.97 Å². The van der Waals surface area contributed by atoms with Crippen molar-refractivity contribution < 1.29 is 0 Å². The summed E-state index contributed by atoms with van der Waals surface area (Å²) in [5, 5.41) is 0.584. The quantitative estimate of drug-likeness (QED) is 0.819. The van der Waals surface area contributed by atoms with Crippen LogP contribution in [0.3, 0.4) is 0 Å². The van der Waals surface area contributed by atoms with E-state index in [4.69, 9.17) is 18.0 Å². The molecule has 2 N–H and O–H groups in total. The van der Waals surface area contributed by atoms with E-state index in [1.165, 1.54) is 0 Å². The summed E-state index contributed by atoms with van der Waals surface area (Å²) >= 11 is 6.93. The van der Waals surface area contributed by atoms with E-state index < -0.39 is 0 Å². The molecule has 0 aromatic carbocycles. The van der Waals surface area contributed by atoms with Gasteiger partial charge in [0.2, 0.25) is 5.95 Å². The zero-order chi connectivity index (χ0) is 12.4. The molecular formula is C11H16N4S2. The first-order chi connectivity index (χ1) is 8.09. The molecule has 0 bridgehead atoms. The standard InChI is InChI=1S/C11H16N4S2/c1-7-8(2)17-6-5-15(7)11-13-4-3-9(14-11)10(12)16/h3-4,7-8H,5-6H2,1-2H3,(H2,12,16). The number of nitrogens with zero attached hydrogens (tertiary/aromatic N) is 3. The molecule has 1 aliphatic heterocycles. The molecule has 2 heterocycles. The highest BCUT2D eigenvalue weighted by molar-refractivity contribution is 8.00. The Labute approximate surface area is 111 Å². The molecule has 0 aliphatic carbocycles. The molecule has 1 fully saturated rings. The minimum absolute atomic E-state index is 0.320. The first-order valence-electron chi connectivity index (χ1n) is 5.60. The molecular weight excluding hydrogens is 252 g/mol. The number of aromatic nitrogens is 2. The lowest BCUT2D eigenvalue weighted by Gasteiger charge is -2.37. The Morgan fingerprint density at radius 3 is 3.06 bits per heavy atom. The van der Waals surface area contributed by atoms with E-state index in [0.29, 0.717) is 22.0 Å². The van der Waals surface area contributed by atoms with Crippen molar-refractivity contribution in [2.45, 2.75) is 25.1 Å². The third-order valence-corrected chi connectivity index (χ3v) is 4.58. The summed E-state index contributed by atoms with van der Waals surface area (Å²) in [6.45, 7) is 5.41. The van der Waals surface area contributed by atoms with Gasteiger partial charge in [-0.1, -0.05) is 19.1 Å². The Bertz CT molecular complexity index is 424. The van der Waals surface area contributed by atoms with E-state index in [1.807, 2.05) is 11.8 Å². The van der Waals surface area contributed by atoms with Gasteiger partial charge in [0.05, 0.1) is 0 Å². The van der Waals surface area contributed by atoms with E-state index in [1.54, 1.807) is 12.3 Å². The molecule has 1 saturated heterocycles. The van der Waals surface area contributed by atoms with E-state index in [-0.39, 0.29) is 0 Å². The molecule has 17 heavy (non-hydrogen) atoms. The number of nitrogens with two attached hydrogens (primary N) is 1. The fourth-order valence-electron chi connectivity index (χ4n) is 1.84. The van der Waals surface area contributed by atoms with Crippen LogP contribution in [0.2, 0.25) is 0 Å². The minimum Gasteiger partial charge on any atom is -0.388 e. The normalized spacial score (nSPS) is 24.7. The van der Waals surface area contributed by atoms with Crippen LogP contribution in [0.25, 0.3) is 0 Å². The highest BCUT2D eigenvalue weighted by Crippen LogP contribution is 2.26. The van der Waals surface area contributed by atoms with Crippen LogP contribution in [0.1, 0.15) is 19.5 Å². The zero-order valence-electron chi connectivity index (χ0n) is 9.96. The number of anilines is 1. The van der Waals surface area contributed by atoms with Gasteiger partial charge in [-0.05, 0) is 13.0 Å². The Balaban J connectivity index is 2.26. The van der Waals surface area contributed by atoms with Gasteiger partial charge in [-0.15, -0.1) is 0 Å². The monoisotopic (exact) mass is 268 g/mol. The number of hydrogen-bond acceptors (Lipinski definition) is 5. The topological polar surface area (TPSA) is 55.0 Å². The van der Waals surface area contributed by atoms with Crippen molar-refractivity contribution in [3.05, 3.63) is 18.0 Å². The summed E-state index contributed by atoms with van der Waals surface area (Å²) in [7, 11) is 0. The van der Waals surface area contributed by atoms with Crippen LogP contribution in [0.15, 0.2) is 12.3 Å². The van der Waals surface area contributed by atoms with Crippen molar-refractivity contribution >= 4 is 34.9 Å². The molecule has 1 aliphatic rings. The Morgan fingerprint density at radius 2 is 2.35 bits per heavy atom. The number of rotatable bonds is 2. The predicted octanol–water partition coefficient (Wildman–Crippen LogP) is 1.44. The molecule has 1 aromatic heterocycles. The summed E-state index contributed by atoms with van der Waals surface area (Å²) in [5.74, 6) is 1.83. The van der Waals surface area contributed by atoms with Crippen molar-refractivity contribution in [2.75, 3.05) is 17.2 Å². The molecule has 0 amide bonds. The van der Waals surface area contributed by atoms with Gasteiger partial charge in [0.15, 0.2) is 0 Å². The van der Waals surface area contributed by atoms with E-state index in [2.05, 4.69) is 28.7 Å². The van der Waals surface area contributed by atoms with Crippen LogP contribution in [0, 0.1) is 0 Å². The van der Waals surface area contributed by atoms with E-state index >= 15 is 0 Å². The molecule has 0 spiro atoms. The molecule has 0 saturated carbocycles. The van der Waals surface area contributed by atoms with Gasteiger partial charge >= 0.3 is 0 Å². The highest BCUT2D eigenvalue weighted by Gasteiger charge is 2.27. The lowest BCUT2D eigenvalue weighted by molar-refractivity contribution is 0.612. The maximum absolute atomic E-state index is 5.59. The highest BCUT2D eigenvalue weighted by atomic mass is 32.2. The van der Waals surface area contributed by atoms with Crippen LogP contribution >= 0.6 is 24.0 Å². The van der Waals surface area contributed by atoms with Gasteiger partial charge in [-0.3, -0.25) is 0 Å². The lowest BCUT2D eigenvalue weighted by Crippen LogP contribution is -2.45. The molecule has 0 radical (unpaired) electrons. The van der Waals surface area contributed by atoms with Crippen LogP contribution in [0.4, 0.5) is 5.95 Å². The summed E-state index contributed by atoms with van der Waals surface area (Å²) < 4.78 is 0. The van der Waals surface area contributed by atoms with Crippen molar-refractivity contribution in [3.63, 3.8) is 0 Å². The third kappa shape index (κ3) is 2.69. The number of hydrogen-bond donors (Lipinski definition) is 1. The third-order valence-electron chi connectivity index (χ3n) is 3.04. The Hall–Kier alpha value is -0.880. The number of thiocarbonyl (C=S) groups is 1. The first kappa shape index (κ1) is 12.6. The second kappa shape index (κ2) is 5.18. The van der Waals surface area contributed by atoms with Gasteiger partial charge < -0.3 is 10.6 Å². The van der Waals surface area contributed by atoms with Crippen LogP contribution in [-0.4, -0.2) is 38.5 Å². The second-order valence-electron chi connectivity index (χ2n) is 4.12. The minimum atomic E-state index is 0.320. The molecule has 4 nitrogen and oxygen atoms in total. The fraction of sp³-hybridized carbons (Fsp3) is 0.545. The van der Waals surface area contributed by atoms with Crippen molar-refractivity contribution in [1.29, 1.82) is 0 Å². The lowest BCUT2D eigenvalue weighted by atomic mass is 10.2. The predicted molar refractivity (Wildman–Crippen MR) is 76.6 cm³/mol. The second-order valence-corrected chi connectivity index (χ2v) is 6.04. The summed E-state index contributed by atoms with van der Waals surface area (Å²) in [6, 6.07) is 2.17. The maximum Gasteiger partial charge on any atom is 0.226 e. The van der Waals surface area contributed by atoms with Gasteiger partial charge in [-0.2, -0.15) is 11.8 Å². The van der Waals surface area contributed by atoms with Gasteiger partial charge in [0.1, 0.15) is 10.7 Å². The molecule has 92 valence electrons. The van der Waals surface area contributed by atoms with Gasteiger partial charge in [0, 0.05) is 29.8 Å². The largest absolute Gasteiger partial charge is 0.388 e. The molecule has 2 atom stereocenters. The first-order valence-corrected chi connectivity index (χ1v) is 7.06. The molecule has 6 heteroatoms. The number of thioether (sulfide) groups is 1. The van der Waals surface area contributed by atoms with Crippen molar-refractivity contribution in [1.82, 2.24) is 9.97 Å². The fourth-order valence-corrected chi connectivity index (χ4v) is 3.05. The smallest absolute Gasteiger partial charge is 0.226 e. The Morgan fingerprint density at radius 1 is 1.59 bits per heavy atom. The summed E-state index contributed by atoms with van der Waals surface area (Å²) in [5.41, 5.74) is 6.23. The SMILES string of the molecule is CC1SCCN(c2nccc(C(N)=S)n2)C1C. The summed E-state index contributed by atoms with van der Waals surface area (Å²) in [4.78, 5) is 11.3. The van der Waals surface area contributed by atoms with Crippen molar-refractivity contribution in [2.24, 2.45) is 5.73 Å². The summed E-state index contributed by atoms with van der Waals surface area (Å²) in [6.07, 6.45) is 1.72. The zero-order valence-corrected chi connectivity index (χ0v) is 11.6. The molecule has 1 aromatic rings. The van der Waals surface area contributed by atoms with Crippen LogP contribution in [-0.2, 0) is 0 Å². The maximum atomic E-state index is 5.59. The van der Waals surface area contributed by atoms with E-state index in [0.717, 1.165) is 18.2 Å². The van der Waals surface area contributed by atoms with Crippen LogP contribution < -0.4 is 10.6 Å². The van der Waals surface area contributed by atoms with Crippen LogP contribution in [0.5, 0.6) is 0 Å². The average molecular weight is 268 g/mol.